The lowest BCUT2D eigenvalue weighted by atomic mass is 10.1. The predicted molar refractivity (Wildman–Crippen MR) is 112 cm³/mol. The summed E-state index contributed by atoms with van der Waals surface area (Å²) in [6, 6.07) is 20.8. The fourth-order valence-corrected chi connectivity index (χ4v) is 3.16. The van der Waals surface area contributed by atoms with Crippen LogP contribution >= 0.6 is 12.2 Å². The van der Waals surface area contributed by atoms with Crippen molar-refractivity contribution in [2.75, 3.05) is 10.6 Å². The van der Waals surface area contributed by atoms with Crippen LogP contribution in [0.15, 0.2) is 79.1 Å². The Labute approximate surface area is 161 Å². The molecule has 0 spiro atoms. The number of rotatable bonds is 4. The molecular weight excluding hydrogens is 359 g/mol. The van der Waals surface area contributed by atoms with E-state index < -0.39 is 0 Å². The third-order valence-corrected chi connectivity index (χ3v) is 4.42. The number of fused-ring (bicyclic) bond motifs is 1. The van der Waals surface area contributed by atoms with Gasteiger partial charge in [-0.3, -0.25) is 4.68 Å². The number of nitrogens with one attached hydrogen (secondary N) is 2. The topological polar surface area (TPSA) is 41.9 Å². The van der Waals surface area contributed by atoms with E-state index in [0.29, 0.717) is 17.2 Å². The zero-order valence-corrected chi connectivity index (χ0v) is 15.2. The van der Waals surface area contributed by atoms with E-state index in [-0.39, 0.29) is 5.82 Å². The first-order valence-electron chi connectivity index (χ1n) is 8.51. The van der Waals surface area contributed by atoms with Crippen LogP contribution in [0, 0.1) is 5.82 Å². The fourth-order valence-electron chi connectivity index (χ4n) is 2.93. The lowest BCUT2D eigenvalue weighted by Crippen LogP contribution is -2.18. The molecule has 0 fully saturated rings. The highest BCUT2D eigenvalue weighted by Crippen LogP contribution is 2.23. The summed E-state index contributed by atoms with van der Waals surface area (Å²) in [5.41, 5.74) is 2.26. The molecule has 4 nitrogen and oxygen atoms in total. The molecular formula is C21H17FN4S. The van der Waals surface area contributed by atoms with Crippen LogP contribution in [-0.2, 0) is 6.54 Å². The number of halogens is 1. The van der Waals surface area contributed by atoms with Crippen LogP contribution in [0.25, 0.3) is 10.8 Å². The van der Waals surface area contributed by atoms with Gasteiger partial charge < -0.3 is 10.6 Å². The molecule has 0 aliphatic heterocycles. The van der Waals surface area contributed by atoms with Gasteiger partial charge in [-0.1, -0.05) is 54.6 Å². The van der Waals surface area contributed by atoms with E-state index in [1.165, 1.54) is 6.07 Å². The Morgan fingerprint density at radius 3 is 2.63 bits per heavy atom. The van der Waals surface area contributed by atoms with Crippen LogP contribution in [-0.4, -0.2) is 14.9 Å². The molecule has 0 aliphatic rings. The molecule has 1 aromatic heterocycles. The van der Waals surface area contributed by atoms with Crippen LogP contribution in [0.3, 0.4) is 0 Å². The number of nitrogens with zero attached hydrogens (tertiary/aromatic N) is 2. The SMILES string of the molecule is Fc1ccccc1Cn1cc(NC(=S)Nc2cccc3ccccc23)cn1. The maximum Gasteiger partial charge on any atom is 0.175 e. The van der Waals surface area contributed by atoms with Gasteiger partial charge in [0.05, 0.1) is 18.4 Å². The zero-order valence-electron chi connectivity index (χ0n) is 14.4. The first-order valence-corrected chi connectivity index (χ1v) is 8.91. The summed E-state index contributed by atoms with van der Waals surface area (Å²) in [5.74, 6) is -0.240. The van der Waals surface area contributed by atoms with Gasteiger partial charge in [-0.25, -0.2) is 4.39 Å². The van der Waals surface area contributed by atoms with Gasteiger partial charge in [0.1, 0.15) is 5.82 Å². The summed E-state index contributed by atoms with van der Waals surface area (Å²) < 4.78 is 15.4. The lowest BCUT2D eigenvalue weighted by molar-refractivity contribution is 0.585. The molecule has 0 unspecified atom stereocenters. The smallest absolute Gasteiger partial charge is 0.175 e. The van der Waals surface area contributed by atoms with Gasteiger partial charge in [0.2, 0.25) is 0 Å². The molecule has 0 saturated carbocycles. The second-order valence-electron chi connectivity index (χ2n) is 6.12. The monoisotopic (exact) mass is 376 g/mol. The maximum absolute atomic E-state index is 13.8. The molecule has 0 amide bonds. The van der Waals surface area contributed by atoms with E-state index >= 15 is 0 Å². The van der Waals surface area contributed by atoms with E-state index in [2.05, 4.69) is 27.9 Å². The first kappa shape index (κ1) is 17.2. The lowest BCUT2D eigenvalue weighted by Gasteiger charge is -2.11. The highest BCUT2D eigenvalue weighted by molar-refractivity contribution is 7.80. The van der Waals surface area contributed by atoms with Crippen LogP contribution in [0.1, 0.15) is 5.56 Å². The Morgan fingerprint density at radius 2 is 1.74 bits per heavy atom. The van der Waals surface area contributed by atoms with Crippen molar-refractivity contribution < 1.29 is 4.39 Å². The van der Waals surface area contributed by atoms with Gasteiger partial charge in [0, 0.05) is 22.8 Å². The Morgan fingerprint density at radius 1 is 0.963 bits per heavy atom. The Bertz CT molecular complexity index is 1100. The molecule has 4 aromatic rings. The number of thiocarbonyl (C=S) groups is 1. The van der Waals surface area contributed by atoms with Crippen LogP contribution in [0.5, 0.6) is 0 Å². The second kappa shape index (κ2) is 7.55. The summed E-state index contributed by atoms with van der Waals surface area (Å²) >= 11 is 5.42. The average molecular weight is 376 g/mol. The van der Waals surface area contributed by atoms with E-state index in [4.69, 9.17) is 12.2 Å². The Kier molecular flexibility index (Phi) is 4.80. The molecule has 0 atom stereocenters. The molecule has 27 heavy (non-hydrogen) atoms. The highest BCUT2D eigenvalue weighted by Gasteiger charge is 2.06. The van der Waals surface area contributed by atoms with Crippen LogP contribution in [0.2, 0.25) is 0 Å². The number of hydrogen-bond acceptors (Lipinski definition) is 2. The van der Waals surface area contributed by atoms with E-state index in [9.17, 15) is 4.39 Å². The minimum absolute atomic E-state index is 0.240. The summed E-state index contributed by atoms with van der Waals surface area (Å²) in [4.78, 5) is 0. The number of hydrogen-bond donors (Lipinski definition) is 2. The van der Waals surface area contributed by atoms with Crippen molar-refractivity contribution in [3.05, 3.63) is 90.5 Å². The zero-order chi connectivity index (χ0) is 18.6. The van der Waals surface area contributed by atoms with Crippen LogP contribution in [0.4, 0.5) is 15.8 Å². The predicted octanol–water partition coefficient (Wildman–Crippen LogP) is 5.03. The number of anilines is 2. The number of benzene rings is 3. The molecule has 0 saturated heterocycles. The van der Waals surface area contributed by atoms with Gasteiger partial charge in [-0.2, -0.15) is 5.10 Å². The quantitative estimate of drug-likeness (QED) is 0.490. The summed E-state index contributed by atoms with van der Waals surface area (Å²) in [6.45, 7) is 0.359. The molecule has 0 radical (unpaired) electrons. The van der Waals surface area contributed by atoms with Crippen molar-refractivity contribution >= 4 is 39.5 Å². The molecule has 2 N–H and O–H groups in total. The van der Waals surface area contributed by atoms with Crippen molar-refractivity contribution in [2.45, 2.75) is 6.54 Å². The number of aromatic nitrogens is 2. The van der Waals surface area contributed by atoms with Crippen molar-refractivity contribution in [1.29, 1.82) is 0 Å². The van der Waals surface area contributed by atoms with Gasteiger partial charge in [-0.05, 0) is 29.7 Å². The van der Waals surface area contributed by atoms with Gasteiger partial charge in [0.15, 0.2) is 5.11 Å². The molecule has 0 bridgehead atoms. The molecule has 3 aromatic carbocycles. The standard InChI is InChI=1S/C21H17FN4S/c22-19-10-4-2-7-16(19)13-26-14-17(12-23-26)24-21(27)25-20-11-5-8-15-6-1-3-9-18(15)20/h1-12,14H,13H2,(H2,24,25,27). The van der Waals surface area contributed by atoms with E-state index in [1.807, 2.05) is 36.4 Å². The molecule has 134 valence electrons. The first-order chi connectivity index (χ1) is 13.2. The minimum Gasteiger partial charge on any atom is -0.332 e. The largest absolute Gasteiger partial charge is 0.332 e. The summed E-state index contributed by atoms with van der Waals surface area (Å²) in [5, 5.41) is 13.3. The highest BCUT2D eigenvalue weighted by atomic mass is 32.1. The molecule has 1 heterocycles. The van der Waals surface area contributed by atoms with Crippen molar-refractivity contribution in [3.8, 4) is 0 Å². The molecule has 0 aliphatic carbocycles. The third-order valence-electron chi connectivity index (χ3n) is 4.22. The maximum atomic E-state index is 13.8. The van der Waals surface area contributed by atoms with Crippen molar-refractivity contribution in [1.82, 2.24) is 9.78 Å². The average Bonchev–Trinajstić information content (AvgIpc) is 3.11. The van der Waals surface area contributed by atoms with Gasteiger partial charge in [-0.15, -0.1) is 0 Å². The van der Waals surface area contributed by atoms with Crippen LogP contribution < -0.4 is 10.6 Å². The van der Waals surface area contributed by atoms with Crippen molar-refractivity contribution in [2.24, 2.45) is 0 Å². The summed E-state index contributed by atoms with van der Waals surface area (Å²) in [6.07, 6.45) is 3.46. The molecule has 4 rings (SSSR count). The van der Waals surface area contributed by atoms with Gasteiger partial charge >= 0.3 is 0 Å². The normalized spacial score (nSPS) is 10.7. The molecule has 6 heteroatoms. The third kappa shape index (κ3) is 3.96. The summed E-state index contributed by atoms with van der Waals surface area (Å²) in [7, 11) is 0. The minimum atomic E-state index is -0.240. The fraction of sp³-hybridized carbons (Fsp3) is 0.0476. The van der Waals surface area contributed by atoms with Gasteiger partial charge in [0.25, 0.3) is 0 Å². The Hall–Kier alpha value is -3.25. The van der Waals surface area contributed by atoms with E-state index in [0.717, 1.165) is 22.1 Å². The van der Waals surface area contributed by atoms with Crippen molar-refractivity contribution in [3.63, 3.8) is 0 Å². The van der Waals surface area contributed by atoms with E-state index in [1.54, 1.807) is 29.2 Å². The second-order valence-corrected chi connectivity index (χ2v) is 6.53. The Balaban J connectivity index is 1.44.